The van der Waals surface area contributed by atoms with Crippen molar-refractivity contribution in [2.24, 2.45) is 5.73 Å². The zero-order valence-electron chi connectivity index (χ0n) is 11.3. The average Bonchev–Trinajstić information content (AvgIpc) is 2.85. The highest BCUT2D eigenvalue weighted by molar-refractivity contribution is 9.10. The largest absolute Gasteiger partial charge is 0.392 e. The van der Waals surface area contributed by atoms with E-state index in [1.54, 1.807) is 0 Å². The lowest BCUT2D eigenvalue weighted by Crippen LogP contribution is -2.54. The Bertz CT molecular complexity index is 498. The molecule has 1 atom stereocenters. The molecule has 110 valence electrons. The molecule has 7 heteroatoms. The Morgan fingerprint density at radius 3 is 2.60 bits per heavy atom. The third-order valence-electron chi connectivity index (χ3n) is 3.57. The van der Waals surface area contributed by atoms with E-state index in [0.29, 0.717) is 4.99 Å². The number of rotatable bonds is 4. The highest BCUT2D eigenvalue weighted by Gasteiger charge is 2.28. The summed E-state index contributed by atoms with van der Waals surface area (Å²) in [7, 11) is 0. The van der Waals surface area contributed by atoms with Crippen LogP contribution in [0.15, 0.2) is 15.9 Å². The number of piperazine rings is 1. The van der Waals surface area contributed by atoms with Crippen LogP contribution in [0.25, 0.3) is 0 Å². The van der Waals surface area contributed by atoms with E-state index in [4.69, 9.17) is 18.0 Å². The molecule has 2 N–H and O–H groups in total. The van der Waals surface area contributed by atoms with Crippen molar-refractivity contribution in [3.05, 3.63) is 20.8 Å². The fourth-order valence-electron chi connectivity index (χ4n) is 2.47. The normalized spacial score (nSPS) is 18.0. The predicted molar refractivity (Wildman–Crippen MR) is 90.4 cm³/mol. The number of carbonyl (C=O) groups is 1. The van der Waals surface area contributed by atoms with E-state index < -0.39 is 0 Å². The van der Waals surface area contributed by atoms with Crippen LogP contribution in [-0.2, 0) is 0 Å². The first-order valence-corrected chi connectivity index (χ1v) is 8.68. The van der Waals surface area contributed by atoms with Gasteiger partial charge < -0.3 is 10.6 Å². The molecule has 1 amide bonds. The molecule has 0 radical (unpaired) electrons. The summed E-state index contributed by atoms with van der Waals surface area (Å²) in [6.45, 7) is 5.18. The molecule has 0 bridgehead atoms. The van der Waals surface area contributed by atoms with E-state index in [0.717, 1.165) is 41.9 Å². The average molecular weight is 376 g/mol. The van der Waals surface area contributed by atoms with Gasteiger partial charge in [-0.2, -0.15) is 0 Å². The van der Waals surface area contributed by atoms with Gasteiger partial charge in [0.05, 0.1) is 11.0 Å². The molecule has 1 aliphatic rings. The molecule has 1 unspecified atom stereocenters. The van der Waals surface area contributed by atoms with Crippen molar-refractivity contribution in [3.63, 3.8) is 0 Å². The number of hydrogen-bond acceptors (Lipinski definition) is 4. The Kier molecular flexibility index (Phi) is 5.54. The second kappa shape index (κ2) is 6.98. The fourth-order valence-corrected chi connectivity index (χ4v) is 4.29. The topological polar surface area (TPSA) is 49.6 Å². The maximum absolute atomic E-state index is 12.4. The third kappa shape index (κ3) is 3.39. The zero-order chi connectivity index (χ0) is 14.7. The third-order valence-corrected chi connectivity index (χ3v) is 5.67. The summed E-state index contributed by atoms with van der Waals surface area (Å²) in [5.41, 5.74) is 5.77. The molecule has 2 rings (SSSR count). The minimum absolute atomic E-state index is 0.106. The molecular formula is C13H18BrN3OS2. The van der Waals surface area contributed by atoms with E-state index in [9.17, 15) is 4.79 Å². The van der Waals surface area contributed by atoms with Crippen molar-refractivity contribution < 1.29 is 4.79 Å². The van der Waals surface area contributed by atoms with Crippen molar-refractivity contribution in [2.45, 2.75) is 19.4 Å². The zero-order valence-corrected chi connectivity index (χ0v) is 14.6. The number of carbonyl (C=O) groups excluding carboxylic acids is 1. The summed E-state index contributed by atoms with van der Waals surface area (Å²) >= 11 is 10.0. The van der Waals surface area contributed by atoms with Crippen LogP contribution in [0.3, 0.4) is 0 Å². The molecule has 1 fully saturated rings. The lowest BCUT2D eigenvalue weighted by Gasteiger charge is -2.38. The summed E-state index contributed by atoms with van der Waals surface area (Å²) in [5.74, 6) is 0.106. The van der Waals surface area contributed by atoms with Crippen LogP contribution in [0.5, 0.6) is 0 Å². The van der Waals surface area contributed by atoms with Gasteiger partial charge in [-0.25, -0.2) is 0 Å². The van der Waals surface area contributed by atoms with Gasteiger partial charge in [0.2, 0.25) is 0 Å². The Morgan fingerprint density at radius 1 is 1.50 bits per heavy atom. The molecule has 0 aromatic carbocycles. The lowest BCUT2D eigenvalue weighted by atomic mass is 10.1. The Balaban J connectivity index is 1.96. The molecular weight excluding hydrogens is 358 g/mol. The van der Waals surface area contributed by atoms with Crippen molar-refractivity contribution in [1.82, 2.24) is 9.80 Å². The van der Waals surface area contributed by atoms with Gasteiger partial charge in [-0.05, 0) is 33.8 Å². The molecule has 1 aliphatic heterocycles. The van der Waals surface area contributed by atoms with Gasteiger partial charge in [0.25, 0.3) is 5.91 Å². The van der Waals surface area contributed by atoms with Gasteiger partial charge >= 0.3 is 0 Å². The summed E-state index contributed by atoms with van der Waals surface area (Å²) in [5, 5.41) is 1.92. The maximum Gasteiger partial charge on any atom is 0.265 e. The predicted octanol–water partition coefficient (Wildman–Crippen LogP) is 2.33. The Labute approximate surface area is 137 Å². The fraction of sp³-hybridized carbons (Fsp3) is 0.538. The Hall–Kier alpha value is -0.500. The quantitative estimate of drug-likeness (QED) is 0.820. The highest BCUT2D eigenvalue weighted by Crippen LogP contribution is 2.24. The highest BCUT2D eigenvalue weighted by atomic mass is 79.9. The number of amides is 1. The molecule has 4 nitrogen and oxygen atoms in total. The van der Waals surface area contributed by atoms with E-state index in [2.05, 4.69) is 27.8 Å². The van der Waals surface area contributed by atoms with Crippen LogP contribution >= 0.6 is 39.5 Å². The van der Waals surface area contributed by atoms with Crippen LogP contribution < -0.4 is 5.73 Å². The number of nitrogens with two attached hydrogens (primary N) is 1. The first-order valence-electron chi connectivity index (χ1n) is 6.60. The second-order valence-electron chi connectivity index (χ2n) is 4.75. The molecule has 2 heterocycles. The van der Waals surface area contributed by atoms with E-state index in [1.807, 2.05) is 16.3 Å². The van der Waals surface area contributed by atoms with Crippen molar-refractivity contribution in [3.8, 4) is 0 Å². The smallest absolute Gasteiger partial charge is 0.265 e. The van der Waals surface area contributed by atoms with Gasteiger partial charge in [0, 0.05) is 30.7 Å². The first kappa shape index (κ1) is 15.9. The molecule has 0 saturated carbocycles. The van der Waals surface area contributed by atoms with Crippen LogP contribution in [0.2, 0.25) is 0 Å². The minimum atomic E-state index is 0.106. The van der Waals surface area contributed by atoms with E-state index in [1.165, 1.54) is 11.3 Å². The number of thiophene rings is 1. The molecule has 1 aromatic rings. The summed E-state index contributed by atoms with van der Waals surface area (Å²) in [6.07, 6.45) is 0.916. The van der Waals surface area contributed by atoms with Gasteiger partial charge in [-0.3, -0.25) is 9.69 Å². The molecule has 20 heavy (non-hydrogen) atoms. The standard InChI is InChI=1S/C13H18BrN3OS2/c1-2-10(12(15)19)16-4-6-17(7-5-16)13(18)11-9(14)3-8-20-11/h3,8,10H,2,4-7H2,1H3,(H2,15,19). The van der Waals surface area contributed by atoms with Crippen LogP contribution in [0.4, 0.5) is 0 Å². The van der Waals surface area contributed by atoms with Crippen molar-refractivity contribution in [1.29, 1.82) is 0 Å². The number of halogens is 1. The van der Waals surface area contributed by atoms with Crippen LogP contribution in [0, 0.1) is 0 Å². The van der Waals surface area contributed by atoms with Gasteiger partial charge in [-0.15, -0.1) is 11.3 Å². The van der Waals surface area contributed by atoms with Crippen LogP contribution in [0.1, 0.15) is 23.0 Å². The second-order valence-corrected chi connectivity index (χ2v) is 6.99. The molecule has 1 aromatic heterocycles. The minimum Gasteiger partial charge on any atom is -0.392 e. The van der Waals surface area contributed by atoms with E-state index in [-0.39, 0.29) is 11.9 Å². The van der Waals surface area contributed by atoms with Crippen molar-refractivity contribution >= 4 is 50.4 Å². The van der Waals surface area contributed by atoms with Gasteiger partial charge in [0.15, 0.2) is 0 Å². The summed E-state index contributed by atoms with van der Waals surface area (Å²) in [6, 6.07) is 2.06. The first-order chi connectivity index (χ1) is 9.54. The molecule has 0 aliphatic carbocycles. The Morgan fingerprint density at radius 2 is 2.15 bits per heavy atom. The molecule has 0 spiro atoms. The monoisotopic (exact) mass is 375 g/mol. The van der Waals surface area contributed by atoms with Crippen molar-refractivity contribution in [2.75, 3.05) is 26.2 Å². The van der Waals surface area contributed by atoms with Gasteiger partial charge in [-0.1, -0.05) is 19.1 Å². The van der Waals surface area contributed by atoms with Gasteiger partial charge in [0.1, 0.15) is 4.88 Å². The number of nitrogens with zero attached hydrogens (tertiary/aromatic N) is 2. The molecule has 1 saturated heterocycles. The number of thiocarbonyl (C=S) groups is 1. The van der Waals surface area contributed by atoms with E-state index >= 15 is 0 Å². The maximum atomic E-state index is 12.4. The summed E-state index contributed by atoms with van der Waals surface area (Å²) in [4.78, 5) is 17.9. The lowest BCUT2D eigenvalue weighted by molar-refractivity contribution is 0.0615. The SMILES string of the molecule is CCC(C(N)=S)N1CCN(C(=O)c2sccc2Br)CC1. The van der Waals surface area contributed by atoms with Crippen LogP contribution in [-0.4, -0.2) is 52.9 Å². The summed E-state index contributed by atoms with van der Waals surface area (Å²) < 4.78 is 0.879. The number of hydrogen-bond donors (Lipinski definition) is 1.